The Bertz CT molecular complexity index is 237. The SMILES string of the molecule is CC.CC.CC.CC.CC.CCCNC(=O)CCCCCON=C(CC)CC. The van der Waals surface area contributed by atoms with Crippen molar-refractivity contribution in [3.63, 3.8) is 0 Å². The average Bonchev–Trinajstić information content (AvgIpc) is 2.81. The van der Waals surface area contributed by atoms with E-state index in [-0.39, 0.29) is 5.91 Å². The number of carbonyl (C=O) groups is 1. The first-order valence-corrected chi connectivity index (χ1v) is 12.2. The number of hydrogen-bond acceptors (Lipinski definition) is 3. The summed E-state index contributed by atoms with van der Waals surface area (Å²) >= 11 is 0. The first kappa shape index (κ1) is 41.3. The van der Waals surface area contributed by atoms with Gasteiger partial charge in [0.1, 0.15) is 6.61 Å². The Morgan fingerprint density at radius 1 is 0.750 bits per heavy atom. The van der Waals surface area contributed by atoms with Crippen LogP contribution in [0.15, 0.2) is 5.16 Å². The molecule has 28 heavy (non-hydrogen) atoms. The van der Waals surface area contributed by atoms with E-state index in [1.54, 1.807) is 0 Å². The molecule has 0 aromatic rings. The van der Waals surface area contributed by atoms with E-state index in [0.717, 1.165) is 50.8 Å². The highest BCUT2D eigenvalue weighted by Gasteiger charge is 1.99. The van der Waals surface area contributed by atoms with E-state index in [0.29, 0.717) is 13.0 Å². The Morgan fingerprint density at radius 2 is 1.21 bits per heavy atom. The van der Waals surface area contributed by atoms with Crippen LogP contribution in [0.1, 0.15) is 135 Å². The minimum Gasteiger partial charge on any atom is -0.396 e. The molecule has 1 N–H and O–H groups in total. The predicted molar refractivity (Wildman–Crippen MR) is 132 cm³/mol. The second-order valence-electron chi connectivity index (χ2n) is 4.36. The molecule has 176 valence electrons. The van der Waals surface area contributed by atoms with Gasteiger partial charge in [-0.2, -0.15) is 0 Å². The summed E-state index contributed by atoms with van der Waals surface area (Å²) in [4.78, 5) is 16.5. The van der Waals surface area contributed by atoms with Crippen LogP contribution in [-0.4, -0.2) is 24.8 Å². The highest BCUT2D eigenvalue weighted by molar-refractivity contribution is 5.83. The third-order valence-corrected chi connectivity index (χ3v) is 2.72. The Hall–Kier alpha value is -1.06. The summed E-state index contributed by atoms with van der Waals surface area (Å²) in [6.07, 6.45) is 6.43. The van der Waals surface area contributed by atoms with Gasteiger partial charge in [0.15, 0.2) is 0 Å². The van der Waals surface area contributed by atoms with Crippen molar-refractivity contribution in [2.45, 2.75) is 135 Å². The first-order chi connectivity index (χ1) is 13.7. The van der Waals surface area contributed by atoms with Crippen molar-refractivity contribution in [3.05, 3.63) is 0 Å². The fraction of sp³-hybridized carbons (Fsp3) is 0.917. The predicted octanol–water partition coefficient (Wildman–Crippen LogP) is 8.40. The molecule has 0 fully saturated rings. The smallest absolute Gasteiger partial charge is 0.219 e. The minimum atomic E-state index is 0.162. The first-order valence-electron chi connectivity index (χ1n) is 12.2. The topological polar surface area (TPSA) is 50.7 Å². The van der Waals surface area contributed by atoms with Crippen LogP contribution in [0.5, 0.6) is 0 Å². The quantitative estimate of drug-likeness (QED) is 0.213. The van der Waals surface area contributed by atoms with Crippen LogP contribution in [0, 0.1) is 0 Å². The summed E-state index contributed by atoms with van der Waals surface area (Å²) in [5, 5.41) is 6.94. The van der Waals surface area contributed by atoms with Gasteiger partial charge < -0.3 is 10.2 Å². The maximum absolute atomic E-state index is 11.3. The number of nitrogens with one attached hydrogen (secondary N) is 1. The molecular formula is C24H58N2O2. The van der Waals surface area contributed by atoms with E-state index in [4.69, 9.17) is 4.84 Å². The molecule has 0 heterocycles. The summed E-state index contributed by atoms with van der Waals surface area (Å²) in [6.45, 7) is 27.7. The van der Waals surface area contributed by atoms with Gasteiger partial charge in [-0.25, -0.2) is 0 Å². The van der Waals surface area contributed by atoms with Gasteiger partial charge in [-0.1, -0.05) is 95.2 Å². The van der Waals surface area contributed by atoms with Crippen molar-refractivity contribution in [2.24, 2.45) is 5.16 Å². The van der Waals surface area contributed by atoms with Gasteiger partial charge in [-0.3, -0.25) is 4.79 Å². The van der Waals surface area contributed by atoms with E-state index in [1.807, 2.05) is 69.2 Å². The highest BCUT2D eigenvalue weighted by atomic mass is 16.6. The Balaban J connectivity index is -0.000000104. The lowest BCUT2D eigenvalue weighted by atomic mass is 10.2. The van der Waals surface area contributed by atoms with Crippen LogP contribution in [0.4, 0.5) is 0 Å². The second kappa shape index (κ2) is 56.2. The summed E-state index contributed by atoms with van der Waals surface area (Å²) in [5.41, 5.74) is 1.11. The van der Waals surface area contributed by atoms with Gasteiger partial charge in [0.05, 0.1) is 5.71 Å². The molecule has 0 aromatic heterocycles. The van der Waals surface area contributed by atoms with Crippen LogP contribution in [0.2, 0.25) is 0 Å². The molecule has 0 saturated heterocycles. The number of carbonyl (C=O) groups excluding carboxylic acids is 1. The monoisotopic (exact) mass is 406 g/mol. The third kappa shape index (κ3) is 49.8. The number of nitrogens with zero attached hydrogens (tertiary/aromatic N) is 1. The molecule has 0 saturated carbocycles. The standard InChI is InChI=1S/C14H28N2O2.5C2H6/c1-4-11-15-14(17)10-8-7-9-12-18-16-13(5-2)6-3;5*1-2/h4-12H2,1-3H3,(H,15,17);5*1-2H3. The fourth-order valence-electron chi connectivity index (χ4n) is 1.50. The zero-order valence-electron chi connectivity index (χ0n) is 22.1. The molecule has 0 aromatic carbocycles. The third-order valence-electron chi connectivity index (χ3n) is 2.72. The molecule has 0 bridgehead atoms. The molecule has 0 atom stereocenters. The van der Waals surface area contributed by atoms with Crippen molar-refractivity contribution in [1.29, 1.82) is 0 Å². The Morgan fingerprint density at radius 3 is 1.61 bits per heavy atom. The van der Waals surface area contributed by atoms with Crippen molar-refractivity contribution < 1.29 is 9.63 Å². The molecular weight excluding hydrogens is 348 g/mol. The molecule has 0 unspecified atom stereocenters. The summed E-state index contributed by atoms with van der Waals surface area (Å²) in [6, 6.07) is 0. The number of hydrogen-bond donors (Lipinski definition) is 1. The van der Waals surface area contributed by atoms with Crippen molar-refractivity contribution in [2.75, 3.05) is 13.2 Å². The van der Waals surface area contributed by atoms with E-state index in [2.05, 4.69) is 31.2 Å². The van der Waals surface area contributed by atoms with E-state index in [1.165, 1.54) is 0 Å². The van der Waals surface area contributed by atoms with Crippen molar-refractivity contribution >= 4 is 11.6 Å². The number of oxime groups is 1. The van der Waals surface area contributed by atoms with Gasteiger partial charge >= 0.3 is 0 Å². The lowest BCUT2D eigenvalue weighted by molar-refractivity contribution is -0.121. The molecule has 0 radical (unpaired) electrons. The highest BCUT2D eigenvalue weighted by Crippen LogP contribution is 2.01. The molecule has 4 heteroatoms. The largest absolute Gasteiger partial charge is 0.396 e. The Kier molecular flexibility index (Phi) is 83.0. The van der Waals surface area contributed by atoms with Gasteiger partial charge in [-0.15, -0.1) is 0 Å². The van der Waals surface area contributed by atoms with E-state index >= 15 is 0 Å². The summed E-state index contributed by atoms with van der Waals surface area (Å²) in [7, 11) is 0. The zero-order chi connectivity index (χ0) is 23.6. The summed E-state index contributed by atoms with van der Waals surface area (Å²) in [5.74, 6) is 0.162. The number of unbranched alkanes of at least 4 members (excludes halogenated alkanes) is 2. The Labute approximate surface area is 180 Å². The fourth-order valence-corrected chi connectivity index (χ4v) is 1.50. The number of amides is 1. The van der Waals surface area contributed by atoms with E-state index < -0.39 is 0 Å². The lowest BCUT2D eigenvalue weighted by Gasteiger charge is -2.04. The lowest BCUT2D eigenvalue weighted by Crippen LogP contribution is -2.23. The van der Waals surface area contributed by atoms with Crippen molar-refractivity contribution in [3.8, 4) is 0 Å². The number of rotatable bonds is 11. The molecule has 0 aliphatic rings. The average molecular weight is 407 g/mol. The van der Waals surface area contributed by atoms with E-state index in [9.17, 15) is 4.79 Å². The molecule has 0 aliphatic carbocycles. The maximum Gasteiger partial charge on any atom is 0.219 e. The molecule has 0 aliphatic heterocycles. The van der Waals surface area contributed by atoms with Gasteiger partial charge in [-0.05, 0) is 38.5 Å². The van der Waals surface area contributed by atoms with Gasteiger partial charge in [0, 0.05) is 13.0 Å². The zero-order valence-corrected chi connectivity index (χ0v) is 22.1. The van der Waals surface area contributed by atoms with Crippen molar-refractivity contribution in [1.82, 2.24) is 5.32 Å². The van der Waals surface area contributed by atoms with Crippen LogP contribution >= 0.6 is 0 Å². The maximum atomic E-state index is 11.3. The van der Waals surface area contributed by atoms with Crippen LogP contribution in [0.3, 0.4) is 0 Å². The van der Waals surface area contributed by atoms with Crippen LogP contribution in [-0.2, 0) is 9.63 Å². The van der Waals surface area contributed by atoms with Crippen LogP contribution < -0.4 is 5.32 Å². The normalized spacial score (nSPS) is 7.46. The summed E-state index contributed by atoms with van der Waals surface area (Å²) < 4.78 is 0. The molecule has 0 spiro atoms. The molecule has 1 amide bonds. The molecule has 4 nitrogen and oxygen atoms in total. The minimum absolute atomic E-state index is 0.162. The van der Waals surface area contributed by atoms with Gasteiger partial charge in [0.25, 0.3) is 0 Å². The van der Waals surface area contributed by atoms with Crippen LogP contribution in [0.25, 0.3) is 0 Å². The second-order valence-corrected chi connectivity index (χ2v) is 4.36. The molecule has 0 rings (SSSR count). The van der Waals surface area contributed by atoms with Gasteiger partial charge in [0.2, 0.25) is 5.91 Å².